The highest BCUT2D eigenvalue weighted by molar-refractivity contribution is 7.07. The zero-order valence-corrected chi connectivity index (χ0v) is 16.8. The lowest BCUT2D eigenvalue weighted by Crippen LogP contribution is -2.48. The quantitative estimate of drug-likeness (QED) is 0.764. The highest BCUT2D eigenvalue weighted by Gasteiger charge is 2.24. The first-order valence-corrected chi connectivity index (χ1v) is 10.3. The van der Waals surface area contributed by atoms with Crippen LogP contribution >= 0.6 is 11.3 Å². The second kappa shape index (κ2) is 9.73. The van der Waals surface area contributed by atoms with Crippen LogP contribution in [0, 0.1) is 0 Å². The molecule has 1 fully saturated rings. The van der Waals surface area contributed by atoms with Gasteiger partial charge in [-0.25, -0.2) is 4.79 Å². The van der Waals surface area contributed by atoms with Gasteiger partial charge in [0.05, 0.1) is 18.3 Å². The highest BCUT2D eigenvalue weighted by Crippen LogP contribution is 2.25. The van der Waals surface area contributed by atoms with Crippen molar-refractivity contribution < 1.29 is 9.53 Å². The number of thiophene rings is 1. The van der Waals surface area contributed by atoms with E-state index in [1.54, 1.807) is 11.3 Å². The number of urea groups is 1. The zero-order chi connectivity index (χ0) is 19.1. The van der Waals surface area contributed by atoms with Crippen LogP contribution < -0.4 is 15.4 Å². The van der Waals surface area contributed by atoms with Gasteiger partial charge in [0, 0.05) is 32.7 Å². The third-order valence-electron chi connectivity index (χ3n) is 4.80. The molecular weight excluding hydrogens is 360 g/mol. The number of nitrogens with zero attached hydrogens (tertiary/aromatic N) is 2. The van der Waals surface area contributed by atoms with E-state index in [4.69, 9.17) is 4.74 Å². The van der Waals surface area contributed by atoms with Crippen molar-refractivity contribution in [3.63, 3.8) is 0 Å². The molecule has 0 spiro atoms. The second-order valence-electron chi connectivity index (χ2n) is 6.68. The van der Waals surface area contributed by atoms with Crippen molar-refractivity contribution in [3.8, 4) is 5.75 Å². The number of likely N-dealkylation sites (N-methyl/N-ethyl adjacent to an activating group) is 1. The van der Waals surface area contributed by atoms with Crippen molar-refractivity contribution in [2.45, 2.75) is 13.0 Å². The molecule has 2 amide bonds. The fourth-order valence-corrected chi connectivity index (χ4v) is 3.97. The first-order valence-electron chi connectivity index (χ1n) is 9.38. The summed E-state index contributed by atoms with van der Waals surface area (Å²) in [6.45, 7) is 7.18. The van der Waals surface area contributed by atoms with Crippen LogP contribution in [0.4, 0.5) is 10.5 Å². The molecule has 1 saturated heterocycles. The van der Waals surface area contributed by atoms with E-state index in [1.165, 1.54) is 5.56 Å². The Kier molecular flexibility index (Phi) is 7.09. The number of rotatable bonds is 7. The van der Waals surface area contributed by atoms with Crippen LogP contribution in [-0.2, 0) is 0 Å². The third kappa shape index (κ3) is 5.45. The van der Waals surface area contributed by atoms with Crippen LogP contribution in [0.3, 0.4) is 0 Å². The number of carbonyl (C=O) groups excluding carboxylic acids is 1. The van der Waals surface area contributed by atoms with Gasteiger partial charge < -0.3 is 20.3 Å². The minimum atomic E-state index is -0.212. The molecule has 1 aromatic heterocycles. The molecule has 1 aromatic carbocycles. The summed E-state index contributed by atoms with van der Waals surface area (Å²) < 4.78 is 5.57. The van der Waals surface area contributed by atoms with Crippen LogP contribution in [-0.4, -0.2) is 62.2 Å². The Morgan fingerprint density at radius 2 is 2.00 bits per heavy atom. The topological polar surface area (TPSA) is 56.8 Å². The number of hydrogen-bond acceptors (Lipinski definition) is 5. The first kappa shape index (κ1) is 19.7. The van der Waals surface area contributed by atoms with E-state index in [9.17, 15) is 4.79 Å². The molecule has 0 saturated carbocycles. The number of anilines is 1. The normalized spacial score (nSPS) is 16.7. The van der Waals surface area contributed by atoms with Gasteiger partial charge in [-0.15, -0.1) is 0 Å². The van der Waals surface area contributed by atoms with Gasteiger partial charge in [0.2, 0.25) is 0 Å². The van der Waals surface area contributed by atoms with E-state index in [2.05, 4.69) is 44.3 Å². The maximum Gasteiger partial charge on any atom is 0.319 e. The van der Waals surface area contributed by atoms with Crippen molar-refractivity contribution >= 4 is 23.1 Å². The van der Waals surface area contributed by atoms with Crippen LogP contribution in [0.2, 0.25) is 0 Å². The van der Waals surface area contributed by atoms with E-state index in [0.717, 1.165) is 26.2 Å². The van der Waals surface area contributed by atoms with Crippen LogP contribution in [0.1, 0.15) is 18.5 Å². The van der Waals surface area contributed by atoms with Crippen molar-refractivity contribution in [1.82, 2.24) is 15.1 Å². The summed E-state index contributed by atoms with van der Waals surface area (Å²) in [7, 11) is 2.15. The van der Waals surface area contributed by atoms with Gasteiger partial charge in [-0.1, -0.05) is 12.1 Å². The Hall–Kier alpha value is -2.09. The monoisotopic (exact) mass is 388 g/mol. The van der Waals surface area contributed by atoms with Gasteiger partial charge in [-0.2, -0.15) is 11.3 Å². The molecule has 2 N–H and O–H groups in total. The summed E-state index contributed by atoms with van der Waals surface area (Å²) in [6, 6.07) is 9.62. The molecule has 2 aromatic rings. The van der Waals surface area contributed by atoms with Gasteiger partial charge >= 0.3 is 6.03 Å². The van der Waals surface area contributed by atoms with Crippen LogP contribution in [0.5, 0.6) is 5.75 Å². The van der Waals surface area contributed by atoms with Gasteiger partial charge in [-0.05, 0) is 48.5 Å². The van der Waals surface area contributed by atoms with Crippen molar-refractivity contribution in [1.29, 1.82) is 0 Å². The molecule has 0 radical (unpaired) electrons. The average Bonchev–Trinajstić information content (AvgIpc) is 3.19. The maximum atomic E-state index is 12.5. The molecule has 1 atom stereocenters. The molecule has 6 nitrogen and oxygen atoms in total. The molecule has 0 unspecified atom stereocenters. The lowest BCUT2D eigenvalue weighted by Gasteiger charge is -2.38. The Morgan fingerprint density at radius 1 is 1.22 bits per heavy atom. The van der Waals surface area contributed by atoms with E-state index < -0.39 is 0 Å². The predicted molar refractivity (Wildman–Crippen MR) is 111 cm³/mol. The van der Waals surface area contributed by atoms with Gasteiger partial charge in [-0.3, -0.25) is 4.90 Å². The first-order chi connectivity index (χ1) is 13.2. The number of carbonyl (C=O) groups is 1. The van der Waals surface area contributed by atoms with Gasteiger partial charge in [0.25, 0.3) is 0 Å². The summed E-state index contributed by atoms with van der Waals surface area (Å²) in [4.78, 5) is 17.3. The molecular formula is C20H28N4O2S. The number of benzene rings is 1. The number of nitrogens with one attached hydrogen (secondary N) is 2. The lowest BCUT2D eigenvalue weighted by atomic mass is 10.1. The Labute approximate surface area is 165 Å². The fourth-order valence-electron chi connectivity index (χ4n) is 3.26. The molecule has 0 aliphatic carbocycles. The molecule has 2 heterocycles. The summed E-state index contributed by atoms with van der Waals surface area (Å²) in [5.41, 5.74) is 1.95. The molecule has 27 heavy (non-hydrogen) atoms. The smallest absolute Gasteiger partial charge is 0.319 e. The van der Waals surface area contributed by atoms with Gasteiger partial charge in [0.15, 0.2) is 0 Å². The lowest BCUT2D eigenvalue weighted by molar-refractivity contribution is 0.111. The Balaban J connectivity index is 1.61. The summed E-state index contributed by atoms with van der Waals surface area (Å²) >= 11 is 1.69. The zero-order valence-electron chi connectivity index (χ0n) is 16.0. The van der Waals surface area contributed by atoms with E-state index in [0.29, 0.717) is 24.6 Å². The van der Waals surface area contributed by atoms with Crippen molar-refractivity contribution in [3.05, 3.63) is 46.7 Å². The average molecular weight is 389 g/mol. The van der Waals surface area contributed by atoms with Crippen molar-refractivity contribution in [2.75, 3.05) is 51.7 Å². The number of amides is 2. The second-order valence-corrected chi connectivity index (χ2v) is 7.46. The number of ether oxygens (including phenoxy) is 1. The van der Waals surface area contributed by atoms with Gasteiger partial charge in [0.1, 0.15) is 5.75 Å². The summed E-state index contributed by atoms with van der Waals surface area (Å²) in [5.74, 6) is 0.684. The molecule has 146 valence electrons. The number of piperazine rings is 1. The number of para-hydroxylation sites is 2. The third-order valence-corrected chi connectivity index (χ3v) is 5.50. The van der Waals surface area contributed by atoms with E-state index in [-0.39, 0.29) is 12.1 Å². The SMILES string of the molecule is CCOc1ccccc1NC(=O)NC[C@H](c1ccsc1)N1CCN(C)CC1. The molecule has 0 bridgehead atoms. The van der Waals surface area contributed by atoms with Crippen LogP contribution in [0.15, 0.2) is 41.1 Å². The minimum Gasteiger partial charge on any atom is -0.492 e. The summed E-state index contributed by atoms with van der Waals surface area (Å²) in [6.07, 6.45) is 0. The molecule has 1 aliphatic rings. The Morgan fingerprint density at radius 3 is 2.70 bits per heavy atom. The Bertz CT molecular complexity index is 715. The molecule has 1 aliphatic heterocycles. The summed E-state index contributed by atoms with van der Waals surface area (Å²) in [5, 5.41) is 10.2. The number of hydrogen-bond donors (Lipinski definition) is 2. The van der Waals surface area contributed by atoms with Crippen molar-refractivity contribution in [2.24, 2.45) is 0 Å². The molecule has 3 rings (SSSR count). The predicted octanol–water partition coefficient (Wildman–Crippen LogP) is 3.26. The van der Waals surface area contributed by atoms with E-state index >= 15 is 0 Å². The van der Waals surface area contributed by atoms with E-state index in [1.807, 2.05) is 31.2 Å². The fraction of sp³-hybridized carbons (Fsp3) is 0.450. The standard InChI is InChI=1S/C20H28N4O2S/c1-3-26-19-7-5-4-6-17(19)22-20(25)21-14-18(16-8-13-27-15-16)24-11-9-23(2)10-12-24/h4-8,13,15,18H,3,9-12,14H2,1-2H3,(H2,21,22,25)/t18-/m1/s1. The maximum absolute atomic E-state index is 12.5. The minimum absolute atomic E-state index is 0.192. The largest absolute Gasteiger partial charge is 0.492 e. The highest BCUT2D eigenvalue weighted by atomic mass is 32.1. The van der Waals surface area contributed by atoms with Crippen LogP contribution in [0.25, 0.3) is 0 Å². The molecule has 7 heteroatoms.